The minimum atomic E-state index is 0.442. The average molecular weight is 307 g/mol. The van der Waals surface area contributed by atoms with Crippen LogP contribution in [0.3, 0.4) is 0 Å². The predicted octanol–water partition coefficient (Wildman–Crippen LogP) is 3.78. The molecule has 1 aliphatic carbocycles. The molecule has 0 amide bonds. The van der Waals surface area contributed by atoms with Gasteiger partial charge in [-0.15, -0.1) is 0 Å². The molecule has 112 valence electrons. The van der Waals surface area contributed by atoms with Crippen molar-refractivity contribution in [2.45, 2.75) is 45.9 Å². The summed E-state index contributed by atoms with van der Waals surface area (Å²) < 4.78 is 11.1. The molecule has 0 unspecified atom stereocenters. The van der Waals surface area contributed by atoms with Crippen molar-refractivity contribution in [3.63, 3.8) is 0 Å². The summed E-state index contributed by atoms with van der Waals surface area (Å²) in [6.45, 7) is 4.99. The third kappa shape index (κ3) is 3.39. The van der Waals surface area contributed by atoms with Crippen LogP contribution < -0.4 is 10.1 Å². The summed E-state index contributed by atoms with van der Waals surface area (Å²) >= 11 is 6.31. The van der Waals surface area contributed by atoms with Gasteiger partial charge in [0.05, 0.1) is 11.3 Å². The first-order valence-electron chi connectivity index (χ1n) is 7.20. The quantitative estimate of drug-likeness (QED) is 0.882. The van der Waals surface area contributed by atoms with Gasteiger partial charge < -0.3 is 14.6 Å². The van der Waals surface area contributed by atoms with E-state index in [1.165, 1.54) is 12.8 Å². The average Bonchev–Trinajstić information content (AvgIpc) is 3.23. The van der Waals surface area contributed by atoms with Crippen LogP contribution in [-0.2, 0) is 13.2 Å². The number of hydrogen-bond acceptors (Lipinski definition) is 4. The van der Waals surface area contributed by atoms with Crippen LogP contribution in [0.1, 0.15) is 35.4 Å². The summed E-state index contributed by atoms with van der Waals surface area (Å²) in [7, 11) is 0. The van der Waals surface area contributed by atoms with E-state index < -0.39 is 0 Å². The van der Waals surface area contributed by atoms with Crippen LogP contribution >= 0.6 is 11.6 Å². The number of aromatic nitrogens is 1. The number of nitrogens with one attached hydrogen (secondary N) is 1. The molecular formula is C16H19ClN2O2. The molecule has 0 bridgehead atoms. The topological polar surface area (TPSA) is 47.3 Å². The first-order chi connectivity index (χ1) is 10.1. The summed E-state index contributed by atoms with van der Waals surface area (Å²) in [6.07, 6.45) is 2.50. The molecule has 1 aliphatic rings. The molecule has 1 aromatic carbocycles. The van der Waals surface area contributed by atoms with Gasteiger partial charge in [-0.25, -0.2) is 0 Å². The van der Waals surface area contributed by atoms with E-state index in [0.717, 1.165) is 39.9 Å². The van der Waals surface area contributed by atoms with Gasteiger partial charge in [-0.05, 0) is 38.8 Å². The largest absolute Gasteiger partial charge is 0.488 e. The highest BCUT2D eigenvalue weighted by Gasteiger charge is 2.21. The summed E-state index contributed by atoms with van der Waals surface area (Å²) in [5.41, 5.74) is 2.88. The molecule has 5 heteroatoms. The molecular weight excluding hydrogens is 288 g/mol. The minimum absolute atomic E-state index is 0.442. The Bertz CT molecular complexity index is 616. The fourth-order valence-electron chi connectivity index (χ4n) is 2.24. The Morgan fingerprint density at radius 2 is 2.14 bits per heavy atom. The van der Waals surface area contributed by atoms with Crippen molar-refractivity contribution in [1.82, 2.24) is 10.5 Å². The molecule has 21 heavy (non-hydrogen) atoms. The Hall–Kier alpha value is -1.52. The Morgan fingerprint density at radius 3 is 2.81 bits per heavy atom. The summed E-state index contributed by atoms with van der Waals surface area (Å²) in [4.78, 5) is 0. The molecule has 3 rings (SSSR count). The van der Waals surface area contributed by atoms with E-state index in [1.807, 2.05) is 32.0 Å². The number of aryl methyl sites for hydroxylation is 2. The maximum atomic E-state index is 6.31. The highest BCUT2D eigenvalue weighted by Crippen LogP contribution is 2.29. The fraction of sp³-hybridized carbons (Fsp3) is 0.438. The van der Waals surface area contributed by atoms with Gasteiger partial charge in [-0.1, -0.05) is 22.8 Å². The van der Waals surface area contributed by atoms with Gasteiger partial charge in [-0.2, -0.15) is 0 Å². The van der Waals surface area contributed by atoms with Crippen molar-refractivity contribution in [2.75, 3.05) is 0 Å². The summed E-state index contributed by atoms with van der Waals surface area (Å²) in [6, 6.07) is 6.39. The molecule has 4 nitrogen and oxygen atoms in total. The normalized spacial score (nSPS) is 14.4. The molecule has 0 aliphatic heterocycles. The third-order valence-corrected chi connectivity index (χ3v) is 4.13. The smallest absolute Gasteiger partial charge is 0.140 e. The summed E-state index contributed by atoms with van der Waals surface area (Å²) in [5.74, 6) is 1.61. The second-order valence-corrected chi connectivity index (χ2v) is 5.87. The lowest BCUT2D eigenvalue weighted by Gasteiger charge is -2.13. The van der Waals surface area contributed by atoms with Gasteiger partial charge in [0.15, 0.2) is 0 Å². The lowest BCUT2D eigenvalue weighted by molar-refractivity contribution is 0.298. The number of rotatable bonds is 6. The molecule has 1 N–H and O–H groups in total. The summed E-state index contributed by atoms with van der Waals surface area (Å²) in [5, 5.41) is 8.15. The fourth-order valence-corrected chi connectivity index (χ4v) is 2.47. The van der Waals surface area contributed by atoms with E-state index in [2.05, 4.69) is 10.5 Å². The van der Waals surface area contributed by atoms with E-state index in [1.54, 1.807) is 0 Å². The van der Waals surface area contributed by atoms with Gasteiger partial charge in [-0.3, -0.25) is 0 Å². The van der Waals surface area contributed by atoms with Gasteiger partial charge in [0, 0.05) is 23.2 Å². The zero-order valence-electron chi connectivity index (χ0n) is 12.3. The second-order valence-electron chi connectivity index (χ2n) is 5.46. The zero-order chi connectivity index (χ0) is 14.8. The SMILES string of the molecule is Cc1noc(C)c1COc1cccc(Cl)c1CNC1CC1. The molecule has 0 atom stereocenters. The van der Waals surface area contributed by atoms with Crippen LogP contribution in [0.2, 0.25) is 5.02 Å². The lowest BCUT2D eigenvalue weighted by Crippen LogP contribution is -2.16. The molecule has 0 saturated heterocycles. The zero-order valence-corrected chi connectivity index (χ0v) is 13.0. The van der Waals surface area contributed by atoms with Crippen molar-refractivity contribution in [3.8, 4) is 5.75 Å². The molecule has 2 aromatic rings. The van der Waals surface area contributed by atoms with Crippen molar-refractivity contribution in [1.29, 1.82) is 0 Å². The number of hydrogen-bond donors (Lipinski definition) is 1. The second kappa shape index (κ2) is 6.08. The maximum absolute atomic E-state index is 6.31. The van der Waals surface area contributed by atoms with E-state index >= 15 is 0 Å². The third-order valence-electron chi connectivity index (χ3n) is 3.77. The molecule has 1 aromatic heterocycles. The molecule has 1 fully saturated rings. The Balaban J connectivity index is 1.73. The van der Waals surface area contributed by atoms with Gasteiger partial charge in [0.1, 0.15) is 18.1 Å². The Kier molecular flexibility index (Phi) is 4.17. The van der Waals surface area contributed by atoms with Crippen LogP contribution in [0, 0.1) is 13.8 Å². The molecule has 1 heterocycles. The number of benzene rings is 1. The number of halogens is 1. The Labute approximate surface area is 129 Å². The Morgan fingerprint density at radius 1 is 1.33 bits per heavy atom. The molecule has 0 spiro atoms. The van der Waals surface area contributed by atoms with E-state index in [0.29, 0.717) is 12.6 Å². The van der Waals surface area contributed by atoms with Crippen LogP contribution in [0.4, 0.5) is 0 Å². The van der Waals surface area contributed by atoms with Crippen molar-refractivity contribution in [2.24, 2.45) is 0 Å². The van der Waals surface area contributed by atoms with Crippen LogP contribution in [0.15, 0.2) is 22.7 Å². The van der Waals surface area contributed by atoms with Crippen LogP contribution in [0.25, 0.3) is 0 Å². The monoisotopic (exact) mass is 306 g/mol. The van der Waals surface area contributed by atoms with Gasteiger partial charge >= 0.3 is 0 Å². The van der Waals surface area contributed by atoms with Gasteiger partial charge in [0.25, 0.3) is 0 Å². The molecule has 1 saturated carbocycles. The highest BCUT2D eigenvalue weighted by atomic mass is 35.5. The highest BCUT2D eigenvalue weighted by molar-refractivity contribution is 6.31. The standard InChI is InChI=1S/C16H19ClN2O2/c1-10-14(11(2)21-19-10)9-20-16-5-3-4-15(17)13(16)8-18-12-6-7-12/h3-5,12,18H,6-9H2,1-2H3. The van der Waals surface area contributed by atoms with Crippen molar-refractivity contribution in [3.05, 3.63) is 45.8 Å². The molecule has 0 radical (unpaired) electrons. The predicted molar refractivity (Wildman–Crippen MR) is 81.6 cm³/mol. The number of nitrogens with zero attached hydrogens (tertiary/aromatic N) is 1. The van der Waals surface area contributed by atoms with E-state index in [4.69, 9.17) is 20.9 Å². The van der Waals surface area contributed by atoms with Crippen LogP contribution in [0.5, 0.6) is 5.75 Å². The first kappa shape index (κ1) is 14.4. The van der Waals surface area contributed by atoms with Crippen molar-refractivity contribution >= 4 is 11.6 Å². The van der Waals surface area contributed by atoms with Crippen LogP contribution in [-0.4, -0.2) is 11.2 Å². The van der Waals surface area contributed by atoms with Crippen molar-refractivity contribution < 1.29 is 9.26 Å². The lowest BCUT2D eigenvalue weighted by atomic mass is 10.2. The maximum Gasteiger partial charge on any atom is 0.140 e. The first-order valence-corrected chi connectivity index (χ1v) is 7.58. The van der Waals surface area contributed by atoms with E-state index in [-0.39, 0.29) is 0 Å². The van der Waals surface area contributed by atoms with Gasteiger partial charge in [0.2, 0.25) is 0 Å². The number of ether oxygens (including phenoxy) is 1. The van der Waals surface area contributed by atoms with E-state index in [9.17, 15) is 0 Å². The minimum Gasteiger partial charge on any atom is -0.488 e.